The molecular formula is C29H31N3O4S. The summed E-state index contributed by atoms with van der Waals surface area (Å²) in [7, 11) is 0. The molecule has 192 valence electrons. The average Bonchev–Trinajstić information content (AvgIpc) is 3.39. The van der Waals surface area contributed by atoms with E-state index in [4.69, 9.17) is 0 Å². The Morgan fingerprint density at radius 3 is 2.30 bits per heavy atom. The van der Waals surface area contributed by atoms with Crippen LogP contribution in [0.3, 0.4) is 0 Å². The molecule has 0 aliphatic carbocycles. The average molecular weight is 518 g/mol. The minimum atomic E-state index is -1.86. The van der Waals surface area contributed by atoms with Gasteiger partial charge in [0, 0.05) is 24.5 Å². The van der Waals surface area contributed by atoms with Gasteiger partial charge in [0.05, 0.1) is 11.5 Å². The number of carbonyl (C=O) groups excluding carboxylic acids is 2. The first-order chi connectivity index (χ1) is 17.9. The van der Waals surface area contributed by atoms with E-state index in [1.165, 1.54) is 16.0 Å². The number of hydrogen-bond donors (Lipinski definition) is 3. The van der Waals surface area contributed by atoms with Gasteiger partial charge in [-0.1, -0.05) is 60.7 Å². The van der Waals surface area contributed by atoms with Crippen LogP contribution < -0.4 is 5.32 Å². The minimum absolute atomic E-state index is 0.260. The van der Waals surface area contributed by atoms with Crippen LogP contribution in [0.15, 0.2) is 72.1 Å². The summed E-state index contributed by atoms with van der Waals surface area (Å²) >= 11 is 1.61. The van der Waals surface area contributed by atoms with Crippen LogP contribution in [0.1, 0.15) is 34.4 Å². The van der Waals surface area contributed by atoms with Crippen LogP contribution in [-0.2, 0) is 27.8 Å². The molecule has 0 bridgehead atoms. The fourth-order valence-corrected chi connectivity index (χ4v) is 5.59. The molecular weight excluding hydrogens is 486 g/mol. The van der Waals surface area contributed by atoms with E-state index in [0.29, 0.717) is 19.3 Å². The van der Waals surface area contributed by atoms with Crippen molar-refractivity contribution in [3.8, 4) is 6.07 Å². The van der Waals surface area contributed by atoms with Crippen molar-refractivity contribution < 1.29 is 19.8 Å². The number of hydrogen-bond acceptors (Lipinski definition) is 6. The standard InChI is InChI=1S/C29H31N3O4S/c30-20-29(23-9-5-2-6-10-23)12-15-32(16-13-29)28(36)26(34)25(33)27(35)31-14-11-24-18-22(19-37-24)17-21-7-3-1-4-8-21/h1-10,18-19,25-26,33-34H,11-17H2,(H,31,35)/t25-,26-/m1/s1. The molecule has 3 N–H and O–H groups in total. The van der Waals surface area contributed by atoms with Crippen molar-refractivity contribution >= 4 is 23.2 Å². The number of nitriles is 1. The van der Waals surface area contributed by atoms with Crippen LogP contribution in [0.2, 0.25) is 0 Å². The van der Waals surface area contributed by atoms with E-state index in [0.717, 1.165) is 16.9 Å². The normalized spacial score (nSPS) is 16.4. The van der Waals surface area contributed by atoms with Crippen molar-refractivity contribution in [3.05, 3.63) is 93.7 Å². The molecule has 4 rings (SSSR count). The summed E-state index contributed by atoms with van der Waals surface area (Å²) in [5, 5.41) is 35.3. The second kappa shape index (κ2) is 12.2. The number of carbonyl (C=O) groups is 2. The molecule has 3 aromatic rings. The number of piperidine rings is 1. The molecule has 2 aromatic carbocycles. The summed E-state index contributed by atoms with van der Waals surface area (Å²) in [6.45, 7) is 0.806. The third kappa shape index (κ3) is 6.44. The topological polar surface area (TPSA) is 114 Å². The lowest BCUT2D eigenvalue weighted by molar-refractivity contribution is -0.154. The molecule has 0 radical (unpaired) electrons. The molecule has 0 unspecified atom stereocenters. The quantitative estimate of drug-likeness (QED) is 0.404. The van der Waals surface area contributed by atoms with Crippen molar-refractivity contribution in [2.24, 2.45) is 0 Å². The van der Waals surface area contributed by atoms with E-state index in [9.17, 15) is 25.1 Å². The smallest absolute Gasteiger partial charge is 0.254 e. The van der Waals surface area contributed by atoms with E-state index in [1.807, 2.05) is 48.5 Å². The van der Waals surface area contributed by atoms with Gasteiger partial charge in [-0.2, -0.15) is 5.26 Å². The highest BCUT2D eigenvalue weighted by atomic mass is 32.1. The Labute approximate surface area is 221 Å². The zero-order valence-electron chi connectivity index (χ0n) is 20.5. The predicted molar refractivity (Wildman–Crippen MR) is 142 cm³/mol. The van der Waals surface area contributed by atoms with Gasteiger partial charge in [-0.3, -0.25) is 9.59 Å². The van der Waals surface area contributed by atoms with E-state index < -0.39 is 29.4 Å². The number of thiophene rings is 1. The number of likely N-dealkylation sites (tertiary alicyclic amines) is 1. The van der Waals surface area contributed by atoms with Gasteiger partial charge < -0.3 is 20.4 Å². The molecule has 1 saturated heterocycles. The zero-order valence-corrected chi connectivity index (χ0v) is 21.4. The summed E-state index contributed by atoms with van der Waals surface area (Å²) in [5.41, 5.74) is 2.64. The maximum absolute atomic E-state index is 12.8. The Bertz CT molecular complexity index is 1230. The number of aliphatic hydroxyl groups excluding tert-OH is 2. The molecule has 37 heavy (non-hydrogen) atoms. The lowest BCUT2D eigenvalue weighted by Crippen LogP contribution is -2.53. The van der Waals surface area contributed by atoms with Gasteiger partial charge in [-0.25, -0.2) is 0 Å². The highest BCUT2D eigenvalue weighted by Gasteiger charge is 2.40. The molecule has 2 amide bonds. The SMILES string of the molecule is N#CC1(c2ccccc2)CCN(C(=O)[C@H](O)[C@@H](O)C(=O)NCCc2cc(Cc3ccccc3)cs2)CC1. The Morgan fingerprint density at radius 2 is 1.65 bits per heavy atom. The largest absolute Gasteiger partial charge is 0.380 e. The molecule has 1 aliphatic rings. The van der Waals surface area contributed by atoms with Crippen molar-refractivity contribution in [2.45, 2.75) is 43.3 Å². The maximum Gasteiger partial charge on any atom is 0.254 e. The highest BCUT2D eigenvalue weighted by Crippen LogP contribution is 2.35. The molecule has 7 nitrogen and oxygen atoms in total. The third-order valence-corrected chi connectivity index (χ3v) is 7.96. The van der Waals surface area contributed by atoms with Crippen LogP contribution in [0.25, 0.3) is 0 Å². The Hall–Kier alpha value is -3.51. The van der Waals surface area contributed by atoms with E-state index >= 15 is 0 Å². The van der Waals surface area contributed by atoms with Gasteiger partial charge in [0.25, 0.3) is 11.8 Å². The molecule has 2 atom stereocenters. The number of nitrogens with zero attached hydrogens (tertiary/aromatic N) is 2. The van der Waals surface area contributed by atoms with Gasteiger partial charge in [0.1, 0.15) is 0 Å². The van der Waals surface area contributed by atoms with Gasteiger partial charge in [-0.15, -0.1) is 11.3 Å². The van der Waals surface area contributed by atoms with E-state index in [1.54, 1.807) is 11.3 Å². The maximum atomic E-state index is 12.8. The van der Waals surface area contributed by atoms with Crippen LogP contribution >= 0.6 is 11.3 Å². The summed E-state index contributed by atoms with van der Waals surface area (Å²) < 4.78 is 0. The predicted octanol–water partition coefficient (Wildman–Crippen LogP) is 2.80. The Kier molecular flexibility index (Phi) is 8.72. The lowest BCUT2D eigenvalue weighted by Gasteiger charge is -2.38. The highest BCUT2D eigenvalue weighted by molar-refractivity contribution is 7.10. The summed E-state index contributed by atoms with van der Waals surface area (Å²) in [4.78, 5) is 27.7. The summed E-state index contributed by atoms with van der Waals surface area (Å²) in [5.74, 6) is -1.49. The molecule has 2 heterocycles. The third-order valence-electron chi connectivity index (χ3n) is 6.92. The lowest BCUT2D eigenvalue weighted by atomic mass is 9.74. The number of rotatable bonds is 9. The number of nitrogens with one attached hydrogen (secondary N) is 1. The zero-order chi connectivity index (χ0) is 26.3. The summed E-state index contributed by atoms with van der Waals surface area (Å²) in [6.07, 6.45) is -1.45. The van der Waals surface area contributed by atoms with Crippen molar-refractivity contribution in [1.82, 2.24) is 10.2 Å². The van der Waals surface area contributed by atoms with Crippen molar-refractivity contribution in [3.63, 3.8) is 0 Å². The van der Waals surface area contributed by atoms with E-state index in [-0.39, 0.29) is 19.6 Å². The Balaban J connectivity index is 1.23. The molecule has 0 saturated carbocycles. The number of aliphatic hydroxyl groups is 2. The fourth-order valence-electron chi connectivity index (χ4n) is 4.69. The van der Waals surface area contributed by atoms with Crippen LogP contribution in [0, 0.1) is 11.3 Å². The molecule has 1 aliphatic heterocycles. The molecule has 1 aromatic heterocycles. The first kappa shape index (κ1) is 26.6. The van der Waals surface area contributed by atoms with Gasteiger partial charge >= 0.3 is 0 Å². The van der Waals surface area contributed by atoms with Crippen LogP contribution in [0.5, 0.6) is 0 Å². The van der Waals surface area contributed by atoms with E-state index in [2.05, 4.69) is 35.0 Å². The summed E-state index contributed by atoms with van der Waals surface area (Å²) in [6, 6.07) is 24.1. The van der Waals surface area contributed by atoms with Gasteiger partial charge in [0.15, 0.2) is 12.2 Å². The number of amides is 2. The van der Waals surface area contributed by atoms with Crippen LogP contribution in [-0.4, -0.2) is 58.8 Å². The molecule has 1 fully saturated rings. The van der Waals surface area contributed by atoms with Gasteiger partial charge in [0.2, 0.25) is 0 Å². The minimum Gasteiger partial charge on any atom is -0.380 e. The second-order valence-electron chi connectivity index (χ2n) is 9.40. The van der Waals surface area contributed by atoms with Crippen molar-refractivity contribution in [2.75, 3.05) is 19.6 Å². The second-order valence-corrected chi connectivity index (χ2v) is 10.4. The van der Waals surface area contributed by atoms with Gasteiger partial charge in [-0.05, 0) is 53.8 Å². The van der Waals surface area contributed by atoms with Crippen LogP contribution in [0.4, 0.5) is 0 Å². The monoisotopic (exact) mass is 517 g/mol. The first-order valence-electron chi connectivity index (χ1n) is 12.4. The molecule has 0 spiro atoms. The Morgan fingerprint density at radius 1 is 1.00 bits per heavy atom. The first-order valence-corrected chi connectivity index (χ1v) is 13.3. The molecule has 8 heteroatoms. The van der Waals surface area contributed by atoms with Crippen molar-refractivity contribution in [1.29, 1.82) is 5.26 Å². The number of benzene rings is 2. The fraction of sp³-hybridized carbons (Fsp3) is 0.345.